The van der Waals surface area contributed by atoms with E-state index >= 15 is 0 Å². The number of methoxy groups -OCH3 is 1. The molecule has 0 spiro atoms. The fourth-order valence-corrected chi connectivity index (χ4v) is 4.46. The van der Waals surface area contributed by atoms with Gasteiger partial charge in [0.2, 0.25) is 0 Å². The Morgan fingerprint density at radius 3 is 1.97 bits per heavy atom. The lowest BCUT2D eigenvalue weighted by atomic mass is 9.82. The number of hydrogen-bond acceptors (Lipinski definition) is 5. The topological polar surface area (TPSA) is 73.9 Å². The van der Waals surface area contributed by atoms with E-state index in [0.29, 0.717) is 22.1 Å². The first-order valence-electron chi connectivity index (χ1n) is 11.1. The highest BCUT2D eigenvalue weighted by molar-refractivity contribution is 6.09. The molecule has 35 heavy (non-hydrogen) atoms. The van der Waals surface area contributed by atoms with Crippen molar-refractivity contribution in [1.82, 2.24) is 5.32 Å². The lowest BCUT2D eigenvalue weighted by Crippen LogP contribution is -2.35. The summed E-state index contributed by atoms with van der Waals surface area (Å²) in [6.07, 6.45) is 3.07. The molecule has 0 fully saturated rings. The van der Waals surface area contributed by atoms with Gasteiger partial charge in [0.25, 0.3) is 0 Å². The van der Waals surface area contributed by atoms with Crippen molar-refractivity contribution in [3.05, 3.63) is 113 Å². The van der Waals surface area contributed by atoms with Gasteiger partial charge in [-0.2, -0.15) is 0 Å². The van der Waals surface area contributed by atoms with Crippen molar-refractivity contribution in [2.24, 2.45) is 0 Å². The summed E-state index contributed by atoms with van der Waals surface area (Å²) in [5, 5.41) is 3.70. The minimum absolute atomic E-state index is 0.116. The molecule has 0 saturated heterocycles. The highest BCUT2D eigenvalue weighted by Crippen LogP contribution is 2.49. The zero-order chi connectivity index (χ0) is 24.4. The SMILES string of the molecule is CNC(=O)Oc1c(C(=O)OC)c2c(c3ccccc13)OC(c1ccccc1)(c1ccccc1)C=C2. The monoisotopic (exact) mass is 465 g/mol. The number of fused-ring (bicyclic) bond motifs is 3. The van der Waals surface area contributed by atoms with Crippen LogP contribution in [0.3, 0.4) is 0 Å². The third kappa shape index (κ3) is 3.69. The summed E-state index contributed by atoms with van der Waals surface area (Å²) in [6, 6.07) is 27.1. The zero-order valence-electron chi connectivity index (χ0n) is 19.3. The van der Waals surface area contributed by atoms with Crippen molar-refractivity contribution in [1.29, 1.82) is 0 Å². The van der Waals surface area contributed by atoms with Gasteiger partial charge in [0.05, 0.1) is 7.11 Å². The van der Waals surface area contributed by atoms with Crippen molar-refractivity contribution >= 4 is 28.9 Å². The Balaban J connectivity index is 1.83. The van der Waals surface area contributed by atoms with Gasteiger partial charge in [-0.05, 0) is 12.2 Å². The summed E-state index contributed by atoms with van der Waals surface area (Å²) in [6.45, 7) is 0. The molecule has 0 aliphatic carbocycles. The molecule has 0 unspecified atom stereocenters. The molecule has 1 heterocycles. The maximum Gasteiger partial charge on any atom is 0.412 e. The minimum Gasteiger partial charge on any atom is -0.472 e. The lowest BCUT2D eigenvalue weighted by molar-refractivity contribution is 0.0596. The molecule has 4 aromatic carbocycles. The first kappa shape index (κ1) is 22.2. The number of carbonyl (C=O) groups is 2. The van der Waals surface area contributed by atoms with Gasteiger partial charge in [-0.1, -0.05) is 84.9 Å². The molecular weight excluding hydrogens is 442 g/mol. The van der Waals surface area contributed by atoms with Crippen molar-refractivity contribution in [2.45, 2.75) is 5.60 Å². The highest BCUT2D eigenvalue weighted by Gasteiger charge is 2.40. The Morgan fingerprint density at radius 1 is 0.829 bits per heavy atom. The van der Waals surface area contributed by atoms with Crippen molar-refractivity contribution < 1.29 is 23.8 Å². The van der Waals surface area contributed by atoms with Crippen LogP contribution in [0.5, 0.6) is 11.5 Å². The van der Waals surface area contributed by atoms with Gasteiger partial charge in [-0.3, -0.25) is 0 Å². The number of benzene rings is 4. The van der Waals surface area contributed by atoms with Gasteiger partial charge in [0, 0.05) is 34.5 Å². The molecule has 4 aromatic rings. The molecule has 1 aliphatic heterocycles. The van der Waals surface area contributed by atoms with Gasteiger partial charge in [-0.25, -0.2) is 9.59 Å². The molecule has 1 aliphatic rings. The van der Waals surface area contributed by atoms with E-state index in [4.69, 9.17) is 14.2 Å². The zero-order valence-corrected chi connectivity index (χ0v) is 19.3. The Labute approximate surface area is 202 Å². The molecule has 1 amide bonds. The molecule has 5 rings (SSSR count). The van der Waals surface area contributed by atoms with Crippen LogP contribution in [0.4, 0.5) is 4.79 Å². The standard InChI is InChI=1S/C29H23NO5/c1-30-28(32)34-26-22-16-10-9-15-21(22)25-23(24(26)27(31)33-2)17-18-29(35-25,19-11-5-3-6-12-19)20-13-7-4-8-14-20/h3-18H,1-2H3,(H,30,32). The van der Waals surface area contributed by atoms with Crippen molar-refractivity contribution in [2.75, 3.05) is 14.2 Å². The van der Waals surface area contributed by atoms with Crippen LogP contribution in [0.1, 0.15) is 27.0 Å². The second kappa shape index (κ2) is 8.99. The Morgan fingerprint density at radius 2 is 1.40 bits per heavy atom. The maximum atomic E-state index is 13.0. The summed E-state index contributed by atoms with van der Waals surface area (Å²) in [4.78, 5) is 25.2. The average Bonchev–Trinajstić information content (AvgIpc) is 2.93. The number of carbonyl (C=O) groups excluding carboxylic acids is 2. The quantitative estimate of drug-likeness (QED) is 0.392. The smallest absolute Gasteiger partial charge is 0.412 e. The van der Waals surface area contributed by atoms with Gasteiger partial charge < -0.3 is 19.5 Å². The molecular formula is C29H23NO5. The van der Waals surface area contributed by atoms with Crippen LogP contribution in [-0.4, -0.2) is 26.2 Å². The molecule has 174 valence electrons. The molecule has 6 nitrogen and oxygen atoms in total. The highest BCUT2D eigenvalue weighted by atomic mass is 16.6. The lowest BCUT2D eigenvalue weighted by Gasteiger charge is -2.37. The Kier molecular flexibility index (Phi) is 5.71. The summed E-state index contributed by atoms with van der Waals surface area (Å²) < 4.78 is 17.5. The second-order valence-corrected chi connectivity index (χ2v) is 8.03. The van der Waals surface area contributed by atoms with Crippen LogP contribution < -0.4 is 14.8 Å². The predicted octanol–water partition coefficient (Wildman–Crippen LogP) is 5.69. The Hall–Kier alpha value is -4.58. The fraction of sp³-hybridized carbons (Fsp3) is 0.103. The number of esters is 1. The van der Waals surface area contributed by atoms with Crippen molar-refractivity contribution in [3.8, 4) is 11.5 Å². The van der Waals surface area contributed by atoms with Crippen LogP contribution in [0.15, 0.2) is 91.0 Å². The third-order valence-corrected chi connectivity index (χ3v) is 6.10. The van der Waals surface area contributed by atoms with Crippen LogP contribution in [-0.2, 0) is 10.3 Å². The van der Waals surface area contributed by atoms with Crippen molar-refractivity contribution in [3.63, 3.8) is 0 Å². The van der Waals surface area contributed by atoms with E-state index in [-0.39, 0.29) is 11.3 Å². The third-order valence-electron chi connectivity index (χ3n) is 6.10. The van der Waals surface area contributed by atoms with Gasteiger partial charge in [-0.15, -0.1) is 0 Å². The van der Waals surface area contributed by atoms with Gasteiger partial charge >= 0.3 is 12.1 Å². The Bertz CT molecular complexity index is 1410. The second-order valence-electron chi connectivity index (χ2n) is 8.03. The first-order chi connectivity index (χ1) is 17.1. The molecule has 0 radical (unpaired) electrons. The normalized spacial score (nSPS) is 13.4. The summed E-state index contributed by atoms with van der Waals surface area (Å²) in [5.74, 6) is -0.0164. The largest absolute Gasteiger partial charge is 0.472 e. The number of nitrogens with one attached hydrogen (secondary N) is 1. The van der Waals surface area contributed by atoms with Gasteiger partial charge in [0.15, 0.2) is 11.4 Å². The average molecular weight is 466 g/mol. The van der Waals surface area contributed by atoms with Crippen LogP contribution in [0.25, 0.3) is 16.8 Å². The van der Waals surface area contributed by atoms with Crippen LogP contribution >= 0.6 is 0 Å². The molecule has 0 saturated carbocycles. The number of hydrogen-bond donors (Lipinski definition) is 1. The van der Waals surface area contributed by atoms with E-state index in [0.717, 1.165) is 11.1 Å². The van der Waals surface area contributed by atoms with Crippen LogP contribution in [0, 0.1) is 0 Å². The van der Waals surface area contributed by atoms with E-state index < -0.39 is 17.7 Å². The number of amides is 1. The number of rotatable bonds is 4. The van der Waals surface area contributed by atoms with E-state index in [2.05, 4.69) is 5.32 Å². The van der Waals surface area contributed by atoms with E-state index in [9.17, 15) is 9.59 Å². The predicted molar refractivity (Wildman–Crippen MR) is 134 cm³/mol. The fourth-order valence-electron chi connectivity index (χ4n) is 4.46. The molecule has 1 N–H and O–H groups in total. The minimum atomic E-state index is -0.936. The summed E-state index contributed by atoms with van der Waals surface area (Å²) >= 11 is 0. The summed E-state index contributed by atoms with van der Waals surface area (Å²) in [7, 11) is 2.75. The molecule has 0 atom stereocenters. The van der Waals surface area contributed by atoms with E-state index in [1.54, 1.807) is 6.07 Å². The van der Waals surface area contributed by atoms with E-state index in [1.807, 2.05) is 91.0 Å². The van der Waals surface area contributed by atoms with Crippen LogP contribution in [0.2, 0.25) is 0 Å². The molecule has 0 bridgehead atoms. The molecule has 0 aromatic heterocycles. The van der Waals surface area contributed by atoms with Gasteiger partial charge in [0.1, 0.15) is 11.3 Å². The number of ether oxygens (including phenoxy) is 3. The summed E-state index contributed by atoms with van der Waals surface area (Å²) in [5.41, 5.74) is 1.53. The van der Waals surface area contributed by atoms with E-state index in [1.165, 1.54) is 14.2 Å². The maximum absolute atomic E-state index is 13.0. The first-order valence-corrected chi connectivity index (χ1v) is 11.1. The molecule has 6 heteroatoms.